The Hall–Kier alpha value is -3.33. The molecule has 3 aliphatic heterocycles. The third-order valence-electron chi connectivity index (χ3n) is 6.37. The van der Waals surface area contributed by atoms with Crippen LogP contribution in [0.3, 0.4) is 0 Å². The van der Waals surface area contributed by atoms with E-state index >= 15 is 0 Å². The minimum Gasteiger partial charge on any atom is -0.372 e. The number of rotatable bonds is 4. The number of aromatic nitrogens is 1. The second-order valence-corrected chi connectivity index (χ2v) is 8.34. The lowest BCUT2D eigenvalue weighted by Gasteiger charge is -2.47. The summed E-state index contributed by atoms with van der Waals surface area (Å²) in [6, 6.07) is 8.24. The van der Waals surface area contributed by atoms with Crippen molar-refractivity contribution < 1.29 is 23.5 Å². The summed E-state index contributed by atoms with van der Waals surface area (Å²) in [5.41, 5.74) is 1.29. The summed E-state index contributed by atoms with van der Waals surface area (Å²) < 4.78 is 19.0. The lowest BCUT2D eigenvalue weighted by atomic mass is 10.0. The Bertz CT molecular complexity index is 1030. The number of benzene rings is 1. The highest BCUT2D eigenvalue weighted by Gasteiger charge is 2.52. The van der Waals surface area contributed by atoms with Gasteiger partial charge in [0.15, 0.2) is 0 Å². The van der Waals surface area contributed by atoms with Crippen LogP contribution in [0, 0.1) is 5.82 Å². The number of nitrogens with zero attached hydrogens (tertiary/aromatic N) is 4. The van der Waals surface area contributed by atoms with Crippen LogP contribution in [-0.2, 0) is 20.9 Å². The van der Waals surface area contributed by atoms with Gasteiger partial charge in [0.1, 0.15) is 17.9 Å². The minimum atomic E-state index is -0.677. The molecule has 5 rings (SSSR count). The molecule has 4 heterocycles. The Kier molecular flexibility index (Phi) is 5.34. The number of piperazine rings is 2. The molecule has 166 valence electrons. The zero-order valence-electron chi connectivity index (χ0n) is 17.4. The summed E-state index contributed by atoms with van der Waals surface area (Å²) in [6.45, 7) is 1.49. The second-order valence-electron chi connectivity index (χ2n) is 8.34. The van der Waals surface area contributed by atoms with Gasteiger partial charge in [0, 0.05) is 38.4 Å². The van der Waals surface area contributed by atoms with Gasteiger partial charge in [-0.3, -0.25) is 19.4 Å². The minimum absolute atomic E-state index is 0.0871. The van der Waals surface area contributed by atoms with Crippen LogP contribution in [0.1, 0.15) is 22.3 Å². The lowest BCUT2D eigenvalue weighted by Crippen LogP contribution is -2.69. The summed E-state index contributed by atoms with van der Waals surface area (Å²) in [5.74, 6) is -0.736. The fourth-order valence-electron chi connectivity index (χ4n) is 4.69. The Labute approximate surface area is 184 Å². The molecule has 2 aromatic rings. The van der Waals surface area contributed by atoms with Gasteiger partial charge < -0.3 is 19.4 Å². The molecule has 3 saturated heterocycles. The molecule has 0 unspecified atom stereocenters. The first-order valence-corrected chi connectivity index (χ1v) is 10.7. The van der Waals surface area contributed by atoms with E-state index < -0.39 is 12.1 Å². The maximum atomic E-state index is 13.2. The Morgan fingerprint density at radius 1 is 1.03 bits per heavy atom. The molecule has 3 fully saturated rings. The van der Waals surface area contributed by atoms with Gasteiger partial charge in [-0.15, -0.1) is 0 Å². The van der Waals surface area contributed by atoms with Crippen molar-refractivity contribution >= 4 is 17.7 Å². The van der Waals surface area contributed by atoms with Gasteiger partial charge in [-0.1, -0.05) is 12.1 Å². The number of fused-ring (bicyclic) bond motifs is 2. The Morgan fingerprint density at radius 2 is 1.81 bits per heavy atom. The van der Waals surface area contributed by atoms with Crippen molar-refractivity contribution in [1.82, 2.24) is 19.7 Å². The van der Waals surface area contributed by atoms with Gasteiger partial charge in [0.2, 0.25) is 11.8 Å². The van der Waals surface area contributed by atoms with Gasteiger partial charge >= 0.3 is 0 Å². The number of amides is 3. The molecule has 9 heteroatoms. The standard InChI is InChI=1S/C23H23FN4O4/c24-17-5-3-15(4-6-17)14-32-18-10-19-22(30)27-9-8-26(13-20(27)23(31)28(19)12-18)21(29)16-2-1-7-25-11-16/h1-7,11,18-20H,8-10,12-14H2/t18-,19+,20+/m1/s1. The van der Waals surface area contributed by atoms with Crippen molar-refractivity contribution in [2.45, 2.75) is 31.2 Å². The van der Waals surface area contributed by atoms with E-state index in [1.165, 1.54) is 18.3 Å². The average molecular weight is 438 g/mol. The first-order valence-electron chi connectivity index (χ1n) is 10.7. The van der Waals surface area contributed by atoms with Gasteiger partial charge in [-0.05, 0) is 29.8 Å². The number of hydrogen-bond acceptors (Lipinski definition) is 5. The number of halogens is 1. The molecule has 3 amide bonds. The van der Waals surface area contributed by atoms with Gasteiger partial charge in [-0.25, -0.2) is 4.39 Å². The largest absolute Gasteiger partial charge is 0.372 e. The monoisotopic (exact) mass is 438 g/mol. The molecule has 0 radical (unpaired) electrons. The van der Waals surface area contributed by atoms with Crippen molar-refractivity contribution in [1.29, 1.82) is 0 Å². The molecule has 1 aromatic carbocycles. The van der Waals surface area contributed by atoms with E-state index in [0.29, 0.717) is 31.6 Å². The zero-order valence-corrected chi connectivity index (χ0v) is 17.4. The first kappa shape index (κ1) is 20.6. The van der Waals surface area contributed by atoms with Crippen molar-refractivity contribution in [3.05, 3.63) is 65.7 Å². The molecule has 0 saturated carbocycles. The van der Waals surface area contributed by atoms with E-state index in [4.69, 9.17) is 4.74 Å². The second kappa shape index (κ2) is 8.31. The van der Waals surface area contributed by atoms with E-state index in [0.717, 1.165) is 5.56 Å². The highest BCUT2D eigenvalue weighted by Crippen LogP contribution is 2.31. The van der Waals surface area contributed by atoms with Crippen LogP contribution < -0.4 is 0 Å². The maximum absolute atomic E-state index is 13.2. The fraction of sp³-hybridized carbons (Fsp3) is 0.391. The number of pyridine rings is 1. The fourth-order valence-corrected chi connectivity index (χ4v) is 4.69. The predicted octanol–water partition coefficient (Wildman–Crippen LogP) is 1.07. The third kappa shape index (κ3) is 3.73. The lowest BCUT2D eigenvalue weighted by molar-refractivity contribution is -0.162. The Morgan fingerprint density at radius 3 is 2.56 bits per heavy atom. The molecule has 8 nitrogen and oxygen atoms in total. The average Bonchev–Trinajstić information content (AvgIpc) is 3.27. The van der Waals surface area contributed by atoms with Gasteiger partial charge in [0.25, 0.3) is 5.91 Å². The summed E-state index contributed by atoms with van der Waals surface area (Å²) in [6.07, 6.45) is 3.27. The van der Waals surface area contributed by atoms with E-state index in [1.54, 1.807) is 45.2 Å². The van der Waals surface area contributed by atoms with Crippen LogP contribution in [0.2, 0.25) is 0 Å². The van der Waals surface area contributed by atoms with Crippen molar-refractivity contribution in [3.8, 4) is 0 Å². The molecular weight excluding hydrogens is 415 g/mol. The summed E-state index contributed by atoms with van der Waals surface area (Å²) in [4.78, 5) is 47.9. The van der Waals surface area contributed by atoms with E-state index in [-0.39, 0.29) is 42.8 Å². The van der Waals surface area contributed by atoms with Crippen LogP contribution in [0.4, 0.5) is 4.39 Å². The van der Waals surface area contributed by atoms with E-state index in [2.05, 4.69) is 4.98 Å². The number of carbonyl (C=O) groups is 3. The van der Waals surface area contributed by atoms with Crippen molar-refractivity contribution in [3.63, 3.8) is 0 Å². The van der Waals surface area contributed by atoms with Crippen LogP contribution in [0.15, 0.2) is 48.8 Å². The number of carbonyl (C=O) groups excluding carboxylic acids is 3. The van der Waals surface area contributed by atoms with Gasteiger partial charge in [-0.2, -0.15) is 0 Å². The topological polar surface area (TPSA) is 83.1 Å². The highest BCUT2D eigenvalue weighted by molar-refractivity contribution is 5.99. The van der Waals surface area contributed by atoms with Crippen molar-refractivity contribution in [2.75, 3.05) is 26.2 Å². The molecule has 3 aliphatic rings. The quantitative estimate of drug-likeness (QED) is 0.713. The number of ether oxygens (including phenoxy) is 1. The molecular formula is C23H23FN4O4. The first-order chi connectivity index (χ1) is 15.5. The Balaban J connectivity index is 1.25. The smallest absolute Gasteiger partial charge is 0.255 e. The van der Waals surface area contributed by atoms with Crippen LogP contribution in [0.25, 0.3) is 0 Å². The van der Waals surface area contributed by atoms with Crippen LogP contribution in [-0.4, -0.2) is 81.8 Å². The van der Waals surface area contributed by atoms with Crippen LogP contribution in [0.5, 0.6) is 0 Å². The zero-order chi connectivity index (χ0) is 22.2. The third-order valence-corrected chi connectivity index (χ3v) is 6.37. The molecule has 1 aromatic heterocycles. The summed E-state index contributed by atoms with van der Waals surface area (Å²) >= 11 is 0. The molecule has 3 atom stereocenters. The molecule has 0 bridgehead atoms. The summed E-state index contributed by atoms with van der Waals surface area (Å²) in [5, 5.41) is 0. The molecule has 0 spiro atoms. The summed E-state index contributed by atoms with van der Waals surface area (Å²) in [7, 11) is 0. The highest BCUT2D eigenvalue weighted by atomic mass is 19.1. The van der Waals surface area contributed by atoms with E-state index in [9.17, 15) is 18.8 Å². The SMILES string of the molecule is O=C(c1cccnc1)N1CCN2C(=O)[C@@H]3C[C@@H](OCc4ccc(F)cc4)CN3C(=O)[C@@H]2C1. The molecule has 32 heavy (non-hydrogen) atoms. The number of hydrogen-bond donors (Lipinski definition) is 0. The molecule has 0 aliphatic carbocycles. The predicted molar refractivity (Wildman–Crippen MR) is 111 cm³/mol. The van der Waals surface area contributed by atoms with E-state index in [1.807, 2.05) is 0 Å². The van der Waals surface area contributed by atoms with Gasteiger partial charge in [0.05, 0.1) is 24.8 Å². The maximum Gasteiger partial charge on any atom is 0.255 e. The normalized spacial score (nSPS) is 25.0. The molecule has 0 N–H and O–H groups in total. The van der Waals surface area contributed by atoms with Crippen LogP contribution >= 0.6 is 0 Å². The van der Waals surface area contributed by atoms with Crippen molar-refractivity contribution in [2.24, 2.45) is 0 Å².